The van der Waals surface area contributed by atoms with Crippen LogP contribution in [0.5, 0.6) is 11.5 Å². The summed E-state index contributed by atoms with van der Waals surface area (Å²) in [6.45, 7) is 6.48. The number of nitrogens with one attached hydrogen (secondary N) is 1. The predicted octanol–water partition coefficient (Wildman–Crippen LogP) is 4.84. The van der Waals surface area contributed by atoms with Crippen molar-refractivity contribution in [3.63, 3.8) is 0 Å². The first kappa shape index (κ1) is 17.8. The molecule has 0 aromatic heterocycles. The Morgan fingerprint density at radius 1 is 1.09 bits per heavy atom. The monoisotopic (exact) mass is 377 g/mol. The topological polar surface area (TPSA) is 30.5 Å². The van der Waals surface area contributed by atoms with E-state index in [9.17, 15) is 0 Å². The van der Waals surface area contributed by atoms with Crippen molar-refractivity contribution in [1.82, 2.24) is 5.32 Å². The van der Waals surface area contributed by atoms with Crippen LogP contribution in [0.4, 0.5) is 0 Å². The van der Waals surface area contributed by atoms with Crippen LogP contribution in [-0.2, 0) is 13.2 Å². The molecule has 0 amide bonds. The van der Waals surface area contributed by atoms with E-state index >= 15 is 0 Å². The molecule has 0 aliphatic carbocycles. The average Bonchev–Trinajstić information content (AvgIpc) is 2.56. The fourth-order valence-electron chi connectivity index (χ4n) is 2.30. The summed E-state index contributed by atoms with van der Waals surface area (Å²) in [4.78, 5) is 0. The van der Waals surface area contributed by atoms with E-state index in [2.05, 4.69) is 59.4 Å². The molecule has 0 spiro atoms. The van der Waals surface area contributed by atoms with Gasteiger partial charge < -0.3 is 14.8 Å². The molecule has 0 unspecified atom stereocenters. The highest BCUT2D eigenvalue weighted by atomic mass is 79.9. The Bertz CT molecular complexity index is 626. The van der Waals surface area contributed by atoms with Crippen LogP contribution in [0, 0.1) is 6.92 Å². The SMILES string of the molecule is CCCNCc1c(Br)ccc(OC)c1OCc1ccc(C)cc1. The summed E-state index contributed by atoms with van der Waals surface area (Å²) in [6.07, 6.45) is 1.10. The number of methoxy groups -OCH3 is 1. The van der Waals surface area contributed by atoms with Crippen LogP contribution >= 0.6 is 15.9 Å². The van der Waals surface area contributed by atoms with Gasteiger partial charge in [-0.3, -0.25) is 0 Å². The highest BCUT2D eigenvalue weighted by Gasteiger charge is 2.14. The van der Waals surface area contributed by atoms with Gasteiger partial charge in [0.2, 0.25) is 0 Å². The molecule has 23 heavy (non-hydrogen) atoms. The number of hydrogen-bond donors (Lipinski definition) is 1. The number of aryl methyl sites for hydroxylation is 1. The quantitative estimate of drug-likeness (QED) is 0.667. The summed E-state index contributed by atoms with van der Waals surface area (Å²) in [7, 11) is 1.67. The maximum absolute atomic E-state index is 6.10. The second kappa shape index (κ2) is 8.94. The van der Waals surface area contributed by atoms with Crippen molar-refractivity contribution >= 4 is 15.9 Å². The first-order valence-electron chi connectivity index (χ1n) is 7.90. The van der Waals surface area contributed by atoms with Crippen LogP contribution in [0.25, 0.3) is 0 Å². The van der Waals surface area contributed by atoms with Crippen molar-refractivity contribution in [2.45, 2.75) is 33.4 Å². The number of rotatable bonds is 8. The lowest BCUT2D eigenvalue weighted by Crippen LogP contribution is -2.15. The molecular weight excluding hydrogens is 354 g/mol. The van der Waals surface area contributed by atoms with Crippen molar-refractivity contribution in [2.24, 2.45) is 0 Å². The van der Waals surface area contributed by atoms with Gasteiger partial charge in [-0.1, -0.05) is 52.7 Å². The summed E-state index contributed by atoms with van der Waals surface area (Å²) >= 11 is 3.62. The largest absolute Gasteiger partial charge is 0.493 e. The minimum absolute atomic E-state index is 0.522. The van der Waals surface area contributed by atoms with Gasteiger partial charge in [-0.05, 0) is 37.6 Å². The summed E-state index contributed by atoms with van der Waals surface area (Å²) < 4.78 is 12.6. The van der Waals surface area contributed by atoms with Crippen molar-refractivity contribution in [3.8, 4) is 11.5 Å². The first-order chi connectivity index (χ1) is 11.2. The van der Waals surface area contributed by atoms with Gasteiger partial charge in [-0.25, -0.2) is 0 Å². The third-order valence-corrected chi connectivity index (χ3v) is 4.36. The van der Waals surface area contributed by atoms with Gasteiger partial charge in [-0.2, -0.15) is 0 Å². The molecule has 1 N–H and O–H groups in total. The first-order valence-corrected chi connectivity index (χ1v) is 8.69. The normalized spacial score (nSPS) is 10.6. The van der Waals surface area contributed by atoms with Crippen molar-refractivity contribution < 1.29 is 9.47 Å². The van der Waals surface area contributed by atoms with E-state index in [1.54, 1.807) is 7.11 Å². The molecule has 0 bridgehead atoms. The Kier molecular flexibility index (Phi) is 6.93. The molecule has 0 aliphatic heterocycles. The van der Waals surface area contributed by atoms with Crippen LogP contribution in [0.1, 0.15) is 30.0 Å². The molecule has 0 saturated carbocycles. The number of benzene rings is 2. The van der Waals surface area contributed by atoms with Gasteiger partial charge in [0, 0.05) is 16.6 Å². The fraction of sp³-hybridized carbons (Fsp3) is 0.368. The van der Waals surface area contributed by atoms with Gasteiger partial charge in [0.05, 0.1) is 7.11 Å². The minimum Gasteiger partial charge on any atom is -0.493 e. The maximum atomic E-state index is 6.10. The highest BCUT2D eigenvalue weighted by Crippen LogP contribution is 2.36. The maximum Gasteiger partial charge on any atom is 0.167 e. The summed E-state index contributed by atoms with van der Waals surface area (Å²) in [6, 6.07) is 12.3. The Labute approximate surface area is 147 Å². The molecule has 0 aliphatic rings. The smallest absolute Gasteiger partial charge is 0.167 e. The molecule has 0 heterocycles. The van der Waals surface area contributed by atoms with E-state index in [-0.39, 0.29) is 0 Å². The van der Waals surface area contributed by atoms with Crippen LogP contribution < -0.4 is 14.8 Å². The molecule has 3 nitrogen and oxygen atoms in total. The van der Waals surface area contributed by atoms with Gasteiger partial charge in [-0.15, -0.1) is 0 Å². The zero-order valence-corrected chi connectivity index (χ0v) is 15.6. The van der Waals surface area contributed by atoms with Crippen LogP contribution in [0.15, 0.2) is 40.9 Å². The Morgan fingerprint density at radius 2 is 1.83 bits per heavy atom. The van der Waals surface area contributed by atoms with Gasteiger partial charge in [0.25, 0.3) is 0 Å². The Hall–Kier alpha value is -1.52. The summed E-state index contributed by atoms with van der Waals surface area (Å²) in [5.74, 6) is 1.56. The van der Waals surface area contributed by atoms with E-state index in [0.29, 0.717) is 6.61 Å². The van der Waals surface area contributed by atoms with Gasteiger partial charge in [0.1, 0.15) is 6.61 Å². The van der Waals surface area contributed by atoms with Gasteiger partial charge in [0.15, 0.2) is 11.5 Å². The fourth-order valence-corrected chi connectivity index (χ4v) is 2.75. The zero-order valence-electron chi connectivity index (χ0n) is 14.0. The molecule has 4 heteroatoms. The van der Waals surface area contributed by atoms with Crippen LogP contribution in [-0.4, -0.2) is 13.7 Å². The summed E-state index contributed by atoms with van der Waals surface area (Å²) in [5, 5.41) is 3.42. The molecule has 2 aromatic carbocycles. The van der Waals surface area contributed by atoms with Crippen molar-refractivity contribution in [1.29, 1.82) is 0 Å². The molecule has 2 rings (SSSR count). The van der Waals surface area contributed by atoms with Gasteiger partial charge >= 0.3 is 0 Å². The third-order valence-electron chi connectivity index (χ3n) is 3.62. The standard InChI is InChI=1S/C19H24BrNO2/c1-4-11-21-12-16-17(20)9-10-18(22-3)19(16)23-13-15-7-5-14(2)6-8-15/h5-10,21H,4,11-13H2,1-3H3. The minimum atomic E-state index is 0.522. The van der Waals surface area contributed by atoms with E-state index in [4.69, 9.17) is 9.47 Å². The lowest BCUT2D eigenvalue weighted by Gasteiger charge is -2.17. The van der Waals surface area contributed by atoms with E-state index in [1.807, 2.05) is 12.1 Å². The van der Waals surface area contributed by atoms with E-state index < -0.39 is 0 Å². The highest BCUT2D eigenvalue weighted by molar-refractivity contribution is 9.10. The molecule has 0 saturated heterocycles. The number of hydrogen-bond acceptors (Lipinski definition) is 3. The van der Waals surface area contributed by atoms with Crippen molar-refractivity contribution in [2.75, 3.05) is 13.7 Å². The Balaban J connectivity index is 2.19. The molecule has 0 atom stereocenters. The summed E-state index contributed by atoms with van der Waals surface area (Å²) in [5.41, 5.74) is 3.48. The zero-order chi connectivity index (χ0) is 16.7. The number of ether oxygens (including phenoxy) is 2. The van der Waals surface area contributed by atoms with Crippen LogP contribution in [0.2, 0.25) is 0 Å². The molecule has 124 valence electrons. The lowest BCUT2D eigenvalue weighted by atomic mass is 10.1. The third kappa shape index (κ3) is 4.98. The van der Waals surface area contributed by atoms with Crippen molar-refractivity contribution in [3.05, 3.63) is 57.6 Å². The molecule has 0 radical (unpaired) electrons. The lowest BCUT2D eigenvalue weighted by molar-refractivity contribution is 0.280. The molecule has 0 fully saturated rings. The van der Waals surface area contributed by atoms with E-state index in [1.165, 1.54) is 5.56 Å². The second-order valence-electron chi connectivity index (χ2n) is 5.51. The Morgan fingerprint density at radius 3 is 2.48 bits per heavy atom. The second-order valence-corrected chi connectivity index (χ2v) is 6.36. The van der Waals surface area contributed by atoms with E-state index in [0.717, 1.165) is 46.6 Å². The molecule has 2 aromatic rings. The van der Waals surface area contributed by atoms with Crippen LogP contribution in [0.3, 0.4) is 0 Å². The predicted molar refractivity (Wildman–Crippen MR) is 98.2 cm³/mol. The number of halogens is 1. The average molecular weight is 378 g/mol. The molecular formula is C19H24BrNO2.